The van der Waals surface area contributed by atoms with Gasteiger partial charge in [0.25, 0.3) is 0 Å². The van der Waals surface area contributed by atoms with E-state index >= 15 is 0 Å². The van der Waals surface area contributed by atoms with Gasteiger partial charge in [-0.25, -0.2) is 4.98 Å². The van der Waals surface area contributed by atoms with E-state index in [1.807, 2.05) is 32.0 Å². The Balaban J connectivity index is 1.99. The Morgan fingerprint density at radius 1 is 1.39 bits per heavy atom. The van der Waals surface area contributed by atoms with Gasteiger partial charge in [0.15, 0.2) is 0 Å². The molecule has 0 fully saturated rings. The van der Waals surface area contributed by atoms with Gasteiger partial charge in [0.1, 0.15) is 5.01 Å². The van der Waals surface area contributed by atoms with E-state index in [0.29, 0.717) is 0 Å². The van der Waals surface area contributed by atoms with Crippen LogP contribution in [-0.4, -0.2) is 26.4 Å². The zero-order valence-electron chi connectivity index (χ0n) is 10.4. The maximum absolute atomic E-state index is 9.43. The number of rotatable bonds is 5. The predicted molar refractivity (Wildman–Crippen MR) is 77.8 cm³/mol. The van der Waals surface area contributed by atoms with Crippen molar-refractivity contribution in [2.75, 3.05) is 0 Å². The van der Waals surface area contributed by atoms with Crippen LogP contribution in [0.2, 0.25) is 0 Å². The number of nitrogens with zero attached hydrogens (tertiary/aromatic N) is 2. The van der Waals surface area contributed by atoms with Crippen molar-refractivity contribution in [1.29, 1.82) is 0 Å². The van der Waals surface area contributed by atoms with E-state index in [1.54, 1.807) is 29.3 Å². The summed E-state index contributed by atoms with van der Waals surface area (Å²) >= 11 is 3.33. The van der Waals surface area contributed by atoms with Gasteiger partial charge in [-0.2, -0.15) is 0 Å². The van der Waals surface area contributed by atoms with Gasteiger partial charge in [0, 0.05) is 22.6 Å². The van der Waals surface area contributed by atoms with Crippen molar-refractivity contribution in [3.05, 3.63) is 35.5 Å². The van der Waals surface area contributed by atoms with Crippen LogP contribution in [0.5, 0.6) is 0 Å². The van der Waals surface area contributed by atoms with Crippen LogP contribution in [0.1, 0.15) is 19.5 Å². The number of aromatic nitrogens is 2. The summed E-state index contributed by atoms with van der Waals surface area (Å²) in [5.41, 5.74) is 1.97. The lowest BCUT2D eigenvalue weighted by Crippen LogP contribution is -2.15. The fourth-order valence-corrected chi connectivity index (χ4v) is 3.10. The molecule has 0 aliphatic carbocycles. The molecule has 0 radical (unpaired) electrons. The van der Waals surface area contributed by atoms with Crippen molar-refractivity contribution in [2.45, 2.75) is 31.0 Å². The topological polar surface area (TPSA) is 46.0 Å². The van der Waals surface area contributed by atoms with Crippen molar-refractivity contribution in [3.8, 4) is 10.7 Å². The molecule has 0 unspecified atom stereocenters. The third-order valence-corrected chi connectivity index (χ3v) is 4.90. The number of hydrogen-bond acceptors (Lipinski definition) is 5. The second-order valence-corrected chi connectivity index (χ2v) is 6.34. The van der Waals surface area contributed by atoms with E-state index in [0.717, 1.165) is 22.1 Å². The molecule has 2 rings (SSSR count). The lowest BCUT2D eigenvalue weighted by molar-refractivity contribution is 0.196. The Hall–Kier alpha value is -0.910. The largest absolute Gasteiger partial charge is 0.392 e. The molecule has 5 heteroatoms. The van der Waals surface area contributed by atoms with Crippen LogP contribution < -0.4 is 0 Å². The lowest BCUT2D eigenvalue weighted by Gasteiger charge is -2.12. The first-order valence-electron chi connectivity index (χ1n) is 5.82. The van der Waals surface area contributed by atoms with E-state index in [9.17, 15) is 5.11 Å². The fourth-order valence-electron chi connectivity index (χ4n) is 1.34. The van der Waals surface area contributed by atoms with Gasteiger partial charge in [0.2, 0.25) is 0 Å². The average Bonchev–Trinajstić information content (AvgIpc) is 2.85. The fraction of sp³-hybridized carbons (Fsp3) is 0.385. The van der Waals surface area contributed by atoms with Crippen molar-refractivity contribution >= 4 is 23.1 Å². The Kier molecular flexibility index (Phi) is 4.74. The molecule has 2 atom stereocenters. The highest BCUT2D eigenvalue weighted by molar-refractivity contribution is 7.99. The summed E-state index contributed by atoms with van der Waals surface area (Å²) in [5.74, 6) is 0.829. The smallest absolute Gasteiger partial charge is 0.142 e. The Bertz CT molecular complexity index is 485. The highest BCUT2D eigenvalue weighted by Crippen LogP contribution is 2.25. The maximum Gasteiger partial charge on any atom is 0.142 e. The molecule has 0 bridgehead atoms. The van der Waals surface area contributed by atoms with Crippen LogP contribution >= 0.6 is 23.1 Å². The first kappa shape index (κ1) is 13.5. The van der Waals surface area contributed by atoms with Crippen LogP contribution in [0, 0.1) is 0 Å². The maximum atomic E-state index is 9.43. The van der Waals surface area contributed by atoms with E-state index in [-0.39, 0.29) is 11.4 Å². The van der Waals surface area contributed by atoms with Gasteiger partial charge in [-0.3, -0.25) is 4.98 Å². The Morgan fingerprint density at radius 3 is 2.89 bits per heavy atom. The second-order valence-electron chi connectivity index (χ2n) is 4.12. The molecular weight excluding hydrogens is 264 g/mol. The van der Waals surface area contributed by atoms with E-state index in [4.69, 9.17) is 0 Å². The van der Waals surface area contributed by atoms with Crippen LogP contribution in [0.3, 0.4) is 0 Å². The standard InChI is InChI=1S/C13H16N2OS2/c1-9(16)10(2)17-7-11-8-18-13(15-11)12-5-3-4-6-14-12/h3-6,8-10,16H,7H2,1-2H3/t9-,10-/m1/s1. The number of aliphatic hydroxyl groups excluding tert-OH is 1. The molecule has 2 aromatic rings. The second kappa shape index (κ2) is 6.31. The minimum absolute atomic E-state index is 0.227. The zero-order chi connectivity index (χ0) is 13.0. The summed E-state index contributed by atoms with van der Waals surface area (Å²) in [6, 6.07) is 5.83. The number of hydrogen-bond donors (Lipinski definition) is 1. The van der Waals surface area contributed by atoms with Gasteiger partial charge >= 0.3 is 0 Å². The van der Waals surface area contributed by atoms with E-state index in [1.165, 1.54) is 0 Å². The molecule has 0 aliphatic heterocycles. The summed E-state index contributed by atoms with van der Waals surface area (Å²) in [6.07, 6.45) is 1.49. The van der Waals surface area contributed by atoms with Crippen molar-refractivity contribution in [2.24, 2.45) is 0 Å². The molecule has 18 heavy (non-hydrogen) atoms. The SMILES string of the molecule is C[C@@H](O)[C@@H](C)SCc1csc(-c2ccccn2)n1. The number of thiazole rings is 1. The van der Waals surface area contributed by atoms with Gasteiger partial charge in [0.05, 0.1) is 17.5 Å². The highest BCUT2D eigenvalue weighted by Gasteiger charge is 2.11. The van der Waals surface area contributed by atoms with Crippen LogP contribution in [-0.2, 0) is 5.75 Å². The minimum atomic E-state index is -0.288. The monoisotopic (exact) mass is 280 g/mol. The zero-order valence-corrected chi connectivity index (χ0v) is 12.0. The summed E-state index contributed by atoms with van der Waals surface area (Å²) in [4.78, 5) is 8.85. The summed E-state index contributed by atoms with van der Waals surface area (Å²) in [6.45, 7) is 3.85. The molecule has 2 heterocycles. The molecule has 0 saturated carbocycles. The molecule has 0 amide bonds. The van der Waals surface area contributed by atoms with Gasteiger partial charge in [-0.15, -0.1) is 23.1 Å². The van der Waals surface area contributed by atoms with Crippen molar-refractivity contribution in [1.82, 2.24) is 9.97 Å². The highest BCUT2D eigenvalue weighted by atomic mass is 32.2. The normalized spacial score (nSPS) is 14.4. The van der Waals surface area contributed by atoms with E-state index in [2.05, 4.69) is 15.3 Å². The van der Waals surface area contributed by atoms with Gasteiger partial charge in [-0.05, 0) is 19.1 Å². The molecule has 96 valence electrons. The summed E-state index contributed by atoms with van der Waals surface area (Å²) < 4.78 is 0. The van der Waals surface area contributed by atoms with Crippen molar-refractivity contribution in [3.63, 3.8) is 0 Å². The van der Waals surface area contributed by atoms with E-state index < -0.39 is 0 Å². The molecule has 0 saturated heterocycles. The lowest BCUT2D eigenvalue weighted by atomic mass is 10.3. The third kappa shape index (κ3) is 3.54. The Morgan fingerprint density at radius 2 is 2.22 bits per heavy atom. The first-order valence-corrected chi connectivity index (χ1v) is 7.75. The molecular formula is C13H16N2OS2. The molecule has 0 aromatic carbocycles. The summed E-state index contributed by atoms with van der Waals surface area (Å²) in [7, 11) is 0. The number of pyridine rings is 1. The third-order valence-electron chi connectivity index (χ3n) is 2.61. The first-order chi connectivity index (χ1) is 8.66. The van der Waals surface area contributed by atoms with Gasteiger partial charge < -0.3 is 5.11 Å². The molecule has 1 N–H and O–H groups in total. The molecule has 2 aromatic heterocycles. The predicted octanol–water partition coefficient (Wildman–Crippen LogP) is 3.21. The molecule has 3 nitrogen and oxygen atoms in total. The van der Waals surface area contributed by atoms with Gasteiger partial charge in [-0.1, -0.05) is 13.0 Å². The Labute approximate surface area is 115 Å². The van der Waals surface area contributed by atoms with Crippen LogP contribution in [0.25, 0.3) is 10.7 Å². The summed E-state index contributed by atoms with van der Waals surface area (Å²) in [5, 5.41) is 12.7. The molecule has 0 spiro atoms. The number of thioether (sulfide) groups is 1. The average molecular weight is 280 g/mol. The molecule has 0 aliphatic rings. The van der Waals surface area contributed by atoms with Crippen molar-refractivity contribution < 1.29 is 5.11 Å². The number of aliphatic hydroxyl groups is 1. The quantitative estimate of drug-likeness (QED) is 0.913. The van der Waals surface area contributed by atoms with Crippen LogP contribution in [0.4, 0.5) is 0 Å². The van der Waals surface area contributed by atoms with Crippen LogP contribution in [0.15, 0.2) is 29.8 Å². The minimum Gasteiger partial charge on any atom is -0.392 e.